The molecule has 0 bridgehead atoms. The second-order valence-corrected chi connectivity index (χ2v) is 5.69. The Morgan fingerprint density at radius 1 is 1.13 bits per heavy atom. The van der Waals surface area contributed by atoms with Gasteiger partial charge >= 0.3 is 5.97 Å². The number of carbonyl (C=O) groups is 2. The van der Waals surface area contributed by atoms with Crippen LogP contribution in [0.3, 0.4) is 0 Å². The lowest BCUT2D eigenvalue weighted by Gasteiger charge is -2.14. The van der Waals surface area contributed by atoms with Crippen LogP contribution in [0.2, 0.25) is 10.0 Å². The number of benzene rings is 2. The highest BCUT2D eigenvalue weighted by atomic mass is 35.5. The van der Waals surface area contributed by atoms with Gasteiger partial charge in [0.25, 0.3) is 5.91 Å². The van der Waals surface area contributed by atoms with Crippen molar-refractivity contribution in [2.45, 2.75) is 13.0 Å². The normalized spacial score (nSPS) is 11.6. The topological polar surface area (TPSA) is 55.4 Å². The standard InChI is InChI=1S/C17H15Cl2NO3/c1-11(12-5-3-2-4-6-12)23-16(21)10-20-17(22)14-8-7-13(18)9-15(14)19/h2-9,11H,10H2,1H3,(H,20,22)/t11-/m1/s1. The molecule has 23 heavy (non-hydrogen) atoms. The van der Waals surface area contributed by atoms with Crippen LogP contribution in [0.15, 0.2) is 48.5 Å². The van der Waals surface area contributed by atoms with Crippen molar-refractivity contribution in [3.63, 3.8) is 0 Å². The molecule has 0 spiro atoms. The van der Waals surface area contributed by atoms with Gasteiger partial charge in [-0.05, 0) is 30.7 Å². The van der Waals surface area contributed by atoms with Gasteiger partial charge < -0.3 is 10.1 Å². The van der Waals surface area contributed by atoms with Crippen molar-refractivity contribution in [1.29, 1.82) is 0 Å². The molecule has 1 N–H and O–H groups in total. The Labute approximate surface area is 144 Å². The summed E-state index contributed by atoms with van der Waals surface area (Å²) in [6.07, 6.45) is -0.389. The number of ether oxygens (including phenoxy) is 1. The second-order valence-electron chi connectivity index (χ2n) is 4.85. The molecule has 0 fully saturated rings. The summed E-state index contributed by atoms with van der Waals surface area (Å²) in [4.78, 5) is 23.8. The lowest BCUT2D eigenvalue weighted by atomic mass is 10.1. The minimum absolute atomic E-state index is 0.223. The van der Waals surface area contributed by atoms with Crippen LogP contribution in [-0.2, 0) is 9.53 Å². The zero-order chi connectivity index (χ0) is 16.8. The van der Waals surface area contributed by atoms with Gasteiger partial charge in [0.05, 0.1) is 10.6 Å². The van der Waals surface area contributed by atoms with E-state index in [4.69, 9.17) is 27.9 Å². The van der Waals surface area contributed by atoms with Gasteiger partial charge in [-0.3, -0.25) is 9.59 Å². The van der Waals surface area contributed by atoms with E-state index < -0.39 is 11.9 Å². The molecule has 1 amide bonds. The molecule has 1 atom stereocenters. The maximum atomic E-state index is 12.0. The van der Waals surface area contributed by atoms with Crippen LogP contribution in [0.25, 0.3) is 0 Å². The monoisotopic (exact) mass is 351 g/mol. The van der Waals surface area contributed by atoms with Crippen molar-refractivity contribution in [1.82, 2.24) is 5.32 Å². The molecule has 0 saturated carbocycles. The summed E-state index contributed by atoms with van der Waals surface area (Å²) >= 11 is 11.7. The minimum Gasteiger partial charge on any atom is -0.456 e. The van der Waals surface area contributed by atoms with Crippen LogP contribution in [-0.4, -0.2) is 18.4 Å². The third-order valence-corrected chi connectivity index (χ3v) is 3.69. The Morgan fingerprint density at radius 2 is 1.83 bits per heavy atom. The second kappa shape index (κ2) is 7.99. The zero-order valence-electron chi connectivity index (χ0n) is 12.4. The quantitative estimate of drug-likeness (QED) is 0.827. The van der Waals surface area contributed by atoms with Crippen LogP contribution < -0.4 is 5.32 Å². The summed E-state index contributed by atoms with van der Waals surface area (Å²) in [6.45, 7) is 1.53. The fourth-order valence-electron chi connectivity index (χ4n) is 1.95. The number of hydrogen-bond acceptors (Lipinski definition) is 3. The Morgan fingerprint density at radius 3 is 2.48 bits per heavy atom. The molecule has 0 saturated heterocycles. The summed E-state index contributed by atoms with van der Waals surface area (Å²) in [5, 5.41) is 3.13. The first-order valence-electron chi connectivity index (χ1n) is 6.95. The Hall–Kier alpha value is -2.04. The molecule has 2 aromatic carbocycles. The van der Waals surface area contributed by atoms with E-state index >= 15 is 0 Å². The molecule has 0 radical (unpaired) electrons. The lowest BCUT2D eigenvalue weighted by Crippen LogP contribution is -2.31. The van der Waals surface area contributed by atoms with E-state index in [-0.39, 0.29) is 23.2 Å². The van der Waals surface area contributed by atoms with Gasteiger partial charge in [-0.15, -0.1) is 0 Å². The summed E-state index contributed by atoms with van der Waals surface area (Å²) < 4.78 is 5.26. The summed E-state index contributed by atoms with van der Waals surface area (Å²) in [5.41, 5.74) is 1.13. The highest BCUT2D eigenvalue weighted by Crippen LogP contribution is 2.21. The van der Waals surface area contributed by atoms with Crippen molar-refractivity contribution >= 4 is 35.1 Å². The largest absolute Gasteiger partial charge is 0.456 e. The summed E-state index contributed by atoms with van der Waals surface area (Å²) in [7, 11) is 0. The fourth-order valence-corrected chi connectivity index (χ4v) is 2.45. The summed E-state index contributed by atoms with van der Waals surface area (Å²) in [6, 6.07) is 13.9. The smallest absolute Gasteiger partial charge is 0.326 e. The van der Waals surface area contributed by atoms with Crippen LogP contribution in [0.5, 0.6) is 0 Å². The highest BCUT2D eigenvalue weighted by molar-refractivity contribution is 6.36. The maximum Gasteiger partial charge on any atom is 0.326 e. The molecule has 0 aliphatic heterocycles. The van der Waals surface area contributed by atoms with Crippen molar-refractivity contribution in [3.05, 3.63) is 69.7 Å². The number of nitrogens with one attached hydrogen (secondary N) is 1. The lowest BCUT2D eigenvalue weighted by molar-refractivity contribution is -0.147. The molecular formula is C17H15Cl2NO3. The van der Waals surface area contributed by atoms with Gasteiger partial charge in [0.1, 0.15) is 12.6 Å². The minimum atomic E-state index is -0.528. The average molecular weight is 352 g/mol. The third-order valence-electron chi connectivity index (χ3n) is 3.15. The number of rotatable bonds is 5. The van der Waals surface area contributed by atoms with Gasteiger partial charge in [-0.1, -0.05) is 53.5 Å². The van der Waals surface area contributed by atoms with Gasteiger partial charge in [0.15, 0.2) is 0 Å². The fraction of sp³-hybridized carbons (Fsp3) is 0.176. The predicted octanol–water partition coefficient (Wildman–Crippen LogP) is 4.03. The average Bonchev–Trinajstić information content (AvgIpc) is 2.53. The van der Waals surface area contributed by atoms with E-state index in [2.05, 4.69) is 5.32 Å². The van der Waals surface area contributed by atoms with E-state index in [1.807, 2.05) is 30.3 Å². The molecular weight excluding hydrogens is 337 g/mol. The maximum absolute atomic E-state index is 12.0. The molecule has 120 valence electrons. The van der Waals surface area contributed by atoms with E-state index in [0.717, 1.165) is 5.56 Å². The first-order chi connectivity index (χ1) is 11.0. The number of hydrogen-bond donors (Lipinski definition) is 1. The zero-order valence-corrected chi connectivity index (χ0v) is 13.9. The number of esters is 1. The first kappa shape index (κ1) is 17.3. The molecule has 2 rings (SSSR count). The van der Waals surface area contributed by atoms with Gasteiger partial charge in [-0.25, -0.2) is 0 Å². The molecule has 0 heterocycles. The van der Waals surface area contributed by atoms with Crippen LogP contribution in [0.4, 0.5) is 0 Å². The molecule has 0 aromatic heterocycles. The molecule has 0 unspecified atom stereocenters. The SMILES string of the molecule is C[C@@H](OC(=O)CNC(=O)c1ccc(Cl)cc1Cl)c1ccccc1. The van der Waals surface area contributed by atoms with Gasteiger partial charge in [0.2, 0.25) is 0 Å². The van der Waals surface area contributed by atoms with E-state index in [1.54, 1.807) is 13.0 Å². The van der Waals surface area contributed by atoms with Crippen LogP contribution in [0, 0.1) is 0 Å². The molecule has 0 aliphatic carbocycles. The Balaban J connectivity index is 1.88. The van der Waals surface area contributed by atoms with E-state index in [1.165, 1.54) is 12.1 Å². The van der Waals surface area contributed by atoms with E-state index in [9.17, 15) is 9.59 Å². The number of halogens is 2. The Bertz CT molecular complexity index is 704. The Kier molecular flexibility index (Phi) is 6.02. The number of amides is 1. The van der Waals surface area contributed by atoms with Crippen LogP contribution in [0.1, 0.15) is 28.9 Å². The van der Waals surface area contributed by atoms with E-state index in [0.29, 0.717) is 5.02 Å². The molecule has 0 aliphatic rings. The summed E-state index contributed by atoms with van der Waals surface area (Å²) in [5.74, 6) is -0.990. The van der Waals surface area contributed by atoms with Gasteiger partial charge in [0, 0.05) is 5.02 Å². The van der Waals surface area contributed by atoms with Crippen molar-refractivity contribution in [2.24, 2.45) is 0 Å². The molecule has 6 heteroatoms. The third kappa shape index (κ3) is 4.98. The predicted molar refractivity (Wildman–Crippen MR) is 89.7 cm³/mol. The van der Waals surface area contributed by atoms with Crippen molar-refractivity contribution < 1.29 is 14.3 Å². The number of carbonyl (C=O) groups excluding carboxylic acids is 2. The van der Waals surface area contributed by atoms with Crippen molar-refractivity contribution in [3.8, 4) is 0 Å². The van der Waals surface area contributed by atoms with Gasteiger partial charge in [-0.2, -0.15) is 0 Å². The van der Waals surface area contributed by atoms with Crippen molar-refractivity contribution in [2.75, 3.05) is 6.54 Å². The highest BCUT2D eigenvalue weighted by Gasteiger charge is 2.15. The molecule has 4 nitrogen and oxygen atoms in total. The molecule has 2 aromatic rings. The first-order valence-corrected chi connectivity index (χ1v) is 7.70. The van der Waals surface area contributed by atoms with Crippen LogP contribution >= 0.6 is 23.2 Å².